The van der Waals surface area contributed by atoms with Crippen molar-refractivity contribution in [1.29, 1.82) is 0 Å². The van der Waals surface area contributed by atoms with E-state index < -0.39 is 0 Å². The molecule has 0 unspecified atom stereocenters. The molecule has 2 aliphatic rings. The van der Waals surface area contributed by atoms with Crippen molar-refractivity contribution in [3.63, 3.8) is 0 Å². The van der Waals surface area contributed by atoms with Crippen molar-refractivity contribution in [2.45, 2.75) is 44.3 Å². The van der Waals surface area contributed by atoms with Crippen LogP contribution in [0.5, 0.6) is 0 Å². The van der Waals surface area contributed by atoms with Gasteiger partial charge >= 0.3 is 0 Å². The second-order valence-electron chi connectivity index (χ2n) is 6.76. The van der Waals surface area contributed by atoms with Gasteiger partial charge in [0.2, 0.25) is 0 Å². The molecule has 6 nitrogen and oxygen atoms in total. The van der Waals surface area contributed by atoms with Gasteiger partial charge in [-0.2, -0.15) is 5.10 Å². The molecule has 0 saturated carbocycles. The Balaban J connectivity index is 1.37. The van der Waals surface area contributed by atoms with E-state index in [0.29, 0.717) is 18.6 Å². The van der Waals surface area contributed by atoms with Crippen LogP contribution in [0.2, 0.25) is 0 Å². The number of amides is 1. The van der Waals surface area contributed by atoms with Crippen molar-refractivity contribution in [1.82, 2.24) is 25.0 Å². The smallest absolute Gasteiger partial charge is 0.251 e. The van der Waals surface area contributed by atoms with Crippen molar-refractivity contribution in [3.05, 3.63) is 48.0 Å². The average Bonchev–Trinajstić information content (AvgIpc) is 3.26. The molecule has 1 N–H and O–H groups in total. The zero-order valence-corrected chi connectivity index (χ0v) is 13.8. The fourth-order valence-electron chi connectivity index (χ4n) is 3.93. The minimum Gasteiger partial charge on any atom is -0.348 e. The molecule has 1 aromatic heterocycles. The molecule has 2 aliphatic heterocycles. The summed E-state index contributed by atoms with van der Waals surface area (Å²) in [7, 11) is 0. The molecule has 6 heteroatoms. The van der Waals surface area contributed by atoms with Crippen LogP contribution in [0, 0.1) is 0 Å². The summed E-state index contributed by atoms with van der Waals surface area (Å²) in [4.78, 5) is 19.0. The van der Waals surface area contributed by atoms with Gasteiger partial charge in [-0.3, -0.25) is 9.69 Å². The molecule has 0 bridgehead atoms. The number of hydrogen-bond donors (Lipinski definition) is 1. The molecule has 2 fully saturated rings. The molecule has 1 amide bonds. The Kier molecular flexibility index (Phi) is 4.30. The van der Waals surface area contributed by atoms with E-state index in [1.807, 2.05) is 24.3 Å². The first-order chi connectivity index (χ1) is 11.8. The van der Waals surface area contributed by atoms with Crippen LogP contribution >= 0.6 is 0 Å². The van der Waals surface area contributed by atoms with Gasteiger partial charge in [-0.1, -0.05) is 18.6 Å². The Labute approximate surface area is 141 Å². The van der Waals surface area contributed by atoms with Crippen LogP contribution in [0.15, 0.2) is 36.9 Å². The summed E-state index contributed by atoms with van der Waals surface area (Å²) in [6.45, 7) is 2.97. The van der Waals surface area contributed by atoms with Crippen molar-refractivity contribution in [2.24, 2.45) is 0 Å². The van der Waals surface area contributed by atoms with Crippen LogP contribution < -0.4 is 5.32 Å². The van der Waals surface area contributed by atoms with Crippen molar-refractivity contribution >= 4 is 5.91 Å². The van der Waals surface area contributed by atoms with Crippen molar-refractivity contribution in [3.8, 4) is 0 Å². The Morgan fingerprint density at radius 3 is 2.83 bits per heavy atom. The highest BCUT2D eigenvalue weighted by molar-refractivity contribution is 5.94. The Morgan fingerprint density at radius 1 is 1.17 bits per heavy atom. The van der Waals surface area contributed by atoms with E-state index in [9.17, 15) is 4.79 Å². The lowest BCUT2D eigenvalue weighted by Gasteiger charge is -2.32. The maximum atomic E-state index is 12.5. The second kappa shape index (κ2) is 6.73. The second-order valence-corrected chi connectivity index (χ2v) is 6.76. The first kappa shape index (κ1) is 15.3. The fourth-order valence-corrected chi connectivity index (χ4v) is 3.93. The van der Waals surface area contributed by atoms with Crippen LogP contribution in [-0.4, -0.2) is 50.7 Å². The molecule has 0 aliphatic carbocycles. The molecule has 0 spiro atoms. The zero-order chi connectivity index (χ0) is 16.4. The van der Waals surface area contributed by atoms with Gasteiger partial charge in [0.15, 0.2) is 0 Å². The topological polar surface area (TPSA) is 63.1 Å². The first-order valence-electron chi connectivity index (χ1n) is 8.76. The average molecular weight is 325 g/mol. The summed E-state index contributed by atoms with van der Waals surface area (Å²) in [5.41, 5.74) is 1.84. The number of rotatable bonds is 4. The summed E-state index contributed by atoms with van der Waals surface area (Å²) >= 11 is 0. The minimum absolute atomic E-state index is 0.0414. The number of fused-ring (bicyclic) bond motifs is 1. The molecule has 24 heavy (non-hydrogen) atoms. The van der Waals surface area contributed by atoms with Crippen LogP contribution in [0.25, 0.3) is 0 Å². The van der Waals surface area contributed by atoms with Gasteiger partial charge in [0.1, 0.15) is 12.7 Å². The number of benzene rings is 1. The predicted octanol–water partition coefficient (Wildman–Crippen LogP) is 1.68. The first-order valence-corrected chi connectivity index (χ1v) is 8.76. The van der Waals surface area contributed by atoms with E-state index in [1.165, 1.54) is 32.1 Å². The number of carbonyl (C=O) groups is 1. The van der Waals surface area contributed by atoms with Gasteiger partial charge in [0, 0.05) is 24.2 Å². The van der Waals surface area contributed by atoms with Gasteiger partial charge in [0.25, 0.3) is 5.91 Å². The summed E-state index contributed by atoms with van der Waals surface area (Å²) < 4.78 is 1.77. The van der Waals surface area contributed by atoms with Crippen molar-refractivity contribution in [2.75, 3.05) is 13.1 Å². The SMILES string of the molecule is O=C(N[C@@H]1CCN2CCCC[C@@H]12)c1ccc(Cn2cncn2)cc1. The van der Waals surface area contributed by atoms with Crippen LogP contribution in [-0.2, 0) is 6.54 Å². The molecule has 126 valence electrons. The Morgan fingerprint density at radius 2 is 2.04 bits per heavy atom. The molecular weight excluding hydrogens is 302 g/mol. The van der Waals surface area contributed by atoms with Gasteiger partial charge < -0.3 is 5.32 Å². The lowest BCUT2D eigenvalue weighted by Crippen LogP contribution is -2.46. The van der Waals surface area contributed by atoms with E-state index in [2.05, 4.69) is 20.3 Å². The zero-order valence-electron chi connectivity index (χ0n) is 13.8. The number of aromatic nitrogens is 3. The lowest BCUT2D eigenvalue weighted by atomic mass is 9.98. The maximum absolute atomic E-state index is 12.5. The van der Waals surface area contributed by atoms with Gasteiger partial charge in [0.05, 0.1) is 6.54 Å². The maximum Gasteiger partial charge on any atom is 0.251 e. The number of piperidine rings is 1. The Hall–Kier alpha value is -2.21. The fraction of sp³-hybridized carbons (Fsp3) is 0.500. The molecule has 1 aromatic carbocycles. The minimum atomic E-state index is 0.0414. The third kappa shape index (κ3) is 3.19. The normalized spacial score (nSPS) is 23.8. The quantitative estimate of drug-likeness (QED) is 0.929. The monoisotopic (exact) mass is 325 g/mol. The summed E-state index contributed by atoms with van der Waals surface area (Å²) in [5, 5.41) is 7.35. The molecule has 3 heterocycles. The standard InChI is InChI=1S/C18H23N5O/c24-18(21-16-8-10-22-9-2-1-3-17(16)22)15-6-4-14(5-7-15)11-23-13-19-12-20-23/h4-7,12-13,16-17H,1-3,8-11H2,(H,21,24)/t16-,17+/m1/s1. The molecule has 2 saturated heterocycles. The van der Waals surface area contributed by atoms with E-state index in [4.69, 9.17) is 0 Å². The van der Waals surface area contributed by atoms with Gasteiger partial charge in [-0.05, 0) is 43.5 Å². The molecule has 2 atom stereocenters. The predicted molar refractivity (Wildman–Crippen MR) is 90.6 cm³/mol. The molecule has 0 radical (unpaired) electrons. The third-order valence-corrected chi connectivity index (χ3v) is 5.20. The molecular formula is C18H23N5O. The van der Waals surface area contributed by atoms with E-state index in [0.717, 1.165) is 24.1 Å². The van der Waals surface area contributed by atoms with E-state index in [1.54, 1.807) is 11.0 Å². The lowest BCUT2D eigenvalue weighted by molar-refractivity contribution is 0.0915. The summed E-state index contributed by atoms with van der Waals surface area (Å²) in [6.07, 6.45) is 8.08. The van der Waals surface area contributed by atoms with Gasteiger partial charge in [-0.15, -0.1) is 0 Å². The highest BCUT2D eigenvalue weighted by Gasteiger charge is 2.36. The third-order valence-electron chi connectivity index (χ3n) is 5.20. The number of nitrogens with zero attached hydrogens (tertiary/aromatic N) is 4. The van der Waals surface area contributed by atoms with E-state index >= 15 is 0 Å². The van der Waals surface area contributed by atoms with Crippen molar-refractivity contribution < 1.29 is 4.79 Å². The van der Waals surface area contributed by atoms with Crippen LogP contribution in [0.3, 0.4) is 0 Å². The molecule has 2 aromatic rings. The van der Waals surface area contributed by atoms with Gasteiger partial charge in [-0.25, -0.2) is 9.67 Å². The Bertz CT molecular complexity index is 682. The highest BCUT2D eigenvalue weighted by atomic mass is 16.1. The van der Waals surface area contributed by atoms with Crippen LogP contribution in [0.1, 0.15) is 41.6 Å². The summed E-state index contributed by atoms with van der Waals surface area (Å²) in [6, 6.07) is 8.60. The van der Waals surface area contributed by atoms with E-state index in [-0.39, 0.29) is 5.91 Å². The molecule has 4 rings (SSSR count). The number of hydrogen-bond acceptors (Lipinski definition) is 4. The largest absolute Gasteiger partial charge is 0.348 e. The highest BCUT2D eigenvalue weighted by Crippen LogP contribution is 2.27. The van der Waals surface area contributed by atoms with Crippen LogP contribution in [0.4, 0.5) is 0 Å². The number of carbonyl (C=O) groups excluding carboxylic acids is 1. The number of nitrogens with one attached hydrogen (secondary N) is 1. The summed E-state index contributed by atoms with van der Waals surface area (Å²) in [5.74, 6) is 0.0414.